The lowest BCUT2D eigenvalue weighted by Gasteiger charge is -2.03. The van der Waals surface area contributed by atoms with Crippen LogP contribution in [0.3, 0.4) is 0 Å². The van der Waals surface area contributed by atoms with Crippen LogP contribution in [-0.4, -0.2) is 4.98 Å². The minimum atomic E-state index is -0.0123. The van der Waals surface area contributed by atoms with Crippen LogP contribution in [0.4, 0.5) is 0 Å². The molecule has 0 fully saturated rings. The maximum Gasteiger partial charge on any atom is 0.140 e. The van der Waals surface area contributed by atoms with Gasteiger partial charge >= 0.3 is 0 Å². The summed E-state index contributed by atoms with van der Waals surface area (Å²) in [5.74, 6) is 0.861. The van der Waals surface area contributed by atoms with Crippen molar-refractivity contribution in [2.24, 2.45) is 5.73 Å². The molecule has 0 spiro atoms. The summed E-state index contributed by atoms with van der Waals surface area (Å²) >= 11 is 1.58. The van der Waals surface area contributed by atoms with E-state index in [9.17, 15) is 0 Å². The highest BCUT2D eigenvalue weighted by Crippen LogP contribution is 2.17. The van der Waals surface area contributed by atoms with Crippen molar-refractivity contribution in [2.45, 2.75) is 19.6 Å². The number of nitrogens with two attached hydrogens (primary N) is 1. The predicted octanol–water partition coefficient (Wildman–Crippen LogP) is 2.74. The lowest BCUT2D eigenvalue weighted by Crippen LogP contribution is -2.05. The molecular formula is C12H14N2OS. The maximum atomic E-state index is 5.74. The molecular weight excluding hydrogens is 220 g/mol. The fourth-order valence-corrected chi connectivity index (χ4v) is 2.07. The molecule has 0 saturated carbocycles. The van der Waals surface area contributed by atoms with E-state index in [1.807, 2.05) is 42.6 Å². The standard InChI is InChI=1S/C12H14N2OS/c1-9(13)11-8-16-12(14-11)7-15-10-5-3-2-4-6-10/h2-6,8-9H,7,13H2,1H3. The predicted molar refractivity (Wildman–Crippen MR) is 65.5 cm³/mol. The summed E-state index contributed by atoms with van der Waals surface area (Å²) in [7, 11) is 0. The van der Waals surface area contributed by atoms with Crippen LogP contribution >= 0.6 is 11.3 Å². The third-order valence-corrected chi connectivity index (χ3v) is 2.98. The molecule has 2 aromatic rings. The molecule has 0 radical (unpaired) electrons. The van der Waals surface area contributed by atoms with E-state index in [0.717, 1.165) is 16.5 Å². The molecule has 1 aromatic carbocycles. The van der Waals surface area contributed by atoms with E-state index in [2.05, 4.69) is 4.98 Å². The molecule has 1 aromatic heterocycles. The fourth-order valence-electron chi connectivity index (χ4n) is 1.26. The summed E-state index contributed by atoms with van der Waals surface area (Å²) in [6.45, 7) is 2.43. The maximum absolute atomic E-state index is 5.74. The number of rotatable bonds is 4. The second-order valence-corrected chi connectivity index (χ2v) is 4.50. The van der Waals surface area contributed by atoms with Gasteiger partial charge in [0.15, 0.2) is 0 Å². The van der Waals surface area contributed by atoms with Gasteiger partial charge in [-0.25, -0.2) is 4.98 Å². The third kappa shape index (κ3) is 2.81. The zero-order valence-corrected chi connectivity index (χ0v) is 9.91. The number of aromatic nitrogens is 1. The van der Waals surface area contributed by atoms with Crippen LogP contribution < -0.4 is 10.5 Å². The van der Waals surface area contributed by atoms with Gasteiger partial charge in [0.2, 0.25) is 0 Å². The van der Waals surface area contributed by atoms with E-state index in [-0.39, 0.29) is 6.04 Å². The Morgan fingerprint density at radius 3 is 2.75 bits per heavy atom. The minimum Gasteiger partial charge on any atom is -0.486 e. The zero-order chi connectivity index (χ0) is 11.4. The van der Waals surface area contributed by atoms with Crippen LogP contribution in [0.2, 0.25) is 0 Å². The average Bonchev–Trinajstić information content (AvgIpc) is 2.76. The van der Waals surface area contributed by atoms with Gasteiger partial charge in [0.25, 0.3) is 0 Å². The lowest BCUT2D eigenvalue weighted by molar-refractivity contribution is 0.305. The Labute approximate surface area is 98.9 Å². The summed E-state index contributed by atoms with van der Waals surface area (Å²) in [6.07, 6.45) is 0. The lowest BCUT2D eigenvalue weighted by atomic mass is 10.3. The van der Waals surface area contributed by atoms with E-state index < -0.39 is 0 Å². The summed E-state index contributed by atoms with van der Waals surface area (Å²) in [4.78, 5) is 4.39. The molecule has 0 aliphatic carbocycles. The second-order valence-electron chi connectivity index (χ2n) is 3.56. The first kappa shape index (κ1) is 11.1. The normalized spacial score (nSPS) is 12.4. The van der Waals surface area contributed by atoms with Crippen molar-refractivity contribution < 1.29 is 4.74 Å². The van der Waals surface area contributed by atoms with Gasteiger partial charge in [0, 0.05) is 11.4 Å². The molecule has 1 heterocycles. The first-order chi connectivity index (χ1) is 7.75. The molecule has 0 bridgehead atoms. The molecule has 2 rings (SSSR count). The van der Waals surface area contributed by atoms with Crippen LogP contribution in [0.5, 0.6) is 5.75 Å². The van der Waals surface area contributed by atoms with E-state index in [1.54, 1.807) is 11.3 Å². The Kier molecular flexibility index (Phi) is 3.54. The molecule has 0 aliphatic rings. The van der Waals surface area contributed by atoms with Gasteiger partial charge in [0.05, 0.1) is 5.69 Å². The van der Waals surface area contributed by atoms with Crippen molar-refractivity contribution in [3.8, 4) is 5.75 Å². The highest BCUT2D eigenvalue weighted by atomic mass is 32.1. The minimum absolute atomic E-state index is 0.0123. The summed E-state index contributed by atoms with van der Waals surface area (Å²) < 4.78 is 5.59. The average molecular weight is 234 g/mol. The van der Waals surface area contributed by atoms with Gasteiger partial charge in [-0.1, -0.05) is 18.2 Å². The molecule has 84 valence electrons. The number of nitrogens with zero attached hydrogens (tertiary/aromatic N) is 1. The van der Waals surface area contributed by atoms with Gasteiger partial charge in [-0.15, -0.1) is 11.3 Å². The Morgan fingerprint density at radius 2 is 2.12 bits per heavy atom. The quantitative estimate of drug-likeness (QED) is 0.884. The van der Waals surface area contributed by atoms with Gasteiger partial charge in [-0.3, -0.25) is 0 Å². The van der Waals surface area contributed by atoms with Gasteiger partial charge in [-0.2, -0.15) is 0 Å². The SMILES string of the molecule is CC(N)c1csc(COc2ccccc2)n1. The second kappa shape index (κ2) is 5.09. The van der Waals surface area contributed by atoms with Crippen molar-refractivity contribution in [3.05, 3.63) is 46.4 Å². The fraction of sp³-hybridized carbons (Fsp3) is 0.250. The van der Waals surface area contributed by atoms with Crippen molar-refractivity contribution in [1.82, 2.24) is 4.98 Å². The van der Waals surface area contributed by atoms with Crippen molar-refractivity contribution in [3.63, 3.8) is 0 Å². The number of hydrogen-bond acceptors (Lipinski definition) is 4. The summed E-state index contributed by atoms with van der Waals surface area (Å²) in [5, 5.41) is 2.94. The molecule has 0 aliphatic heterocycles. The number of para-hydroxylation sites is 1. The van der Waals surface area contributed by atoms with E-state index in [1.165, 1.54) is 0 Å². The van der Waals surface area contributed by atoms with E-state index >= 15 is 0 Å². The number of ether oxygens (including phenoxy) is 1. The van der Waals surface area contributed by atoms with E-state index in [4.69, 9.17) is 10.5 Å². The molecule has 16 heavy (non-hydrogen) atoms. The number of hydrogen-bond donors (Lipinski definition) is 1. The Bertz CT molecular complexity index is 439. The van der Waals surface area contributed by atoms with Crippen LogP contribution in [-0.2, 0) is 6.61 Å². The number of thiazole rings is 1. The van der Waals surface area contributed by atoms with Crippen LogP contribution in [0.15, 0.2) is 35.7 Å². The monoisotopic (exact) mass is 234 g/mol. The van der Waals surface area contributed by atoms with Crippen molar-refractivity contribution >= 4 is 11.3 Å². The van der Waals surface area contributed by atoms with Crippen LogP contribution in [0, 0.1) is 0 Å². The van der Waals surface area contributed by atoms with Crippen molar-refractivity contribution in [2.75, 3.05) is 0 Å². The molecule has 3 nitrogen and oxygen atoms in total. The van der Waals surface area contributed by atoms with Crippen LogP contribution in [0.25, 0.3) is 0 Å². The largest absolute Gasteiger partial charge is 0.486 e. The molecule has 4 heteroatoms. The summed E-state index contributed by atoms with van der Waals surface area (Å²) in [6, 6.07) is 9.71. The molecule has 2 N–H and O–H groups in total. The Hall–Kier alpha value is -1.39. The Morgan fingerprint density at radius 1 is 1.38 bits per heavy atom. The molecule has 0 saturated heterocycles. The van der Waals surface area contributed by atoms with Crippen molar-refractivity contribution in [1.29, 1.82) is 0 Å². The molecule has 0 amide bonds. The molecule has 1 unspecified atom stereocenters. The highest BCUT2D eigenvalue weighted by Gasteiger charge is 2.05. The Balaban J connectivity index is 1.95. The number of benzene rings is 1. The first-order valence-electron chi connectivity index (χ1n) is 5.13. The van der Waals surface area contributed by atoms with E-state index in [0.29, 0.717) is 6.61 Å². The summed E-state index contributed by atoms with van der Waals surface area (Å²) in [5.41, 5.74) is 6.67. The molecule has 1 atom stereocenters. The van der Waals surface area contributed by atoms with Crippen LogP contribution in [0.1, 0.15) is 23.7 Å². The third-order valence-electron chi connectivity index (χ3n) is 2.14. The zero-order valence-electron chi connectivity index (χ0n) is 9.09. The van der Waals surface area contributed by atoms with Gasteiger partial charge < -0.3 is 10.5 Å². The topological polar surface area (TPSA) is 48.1 Å². The van der Waals surface area contributed by atoms with Gasteiger partial charge in [-0.05, 0) is 19.1 Å². The smallest absolute Gasteiger partial charge is 0.140 e. The van der Waals surface area contributed by atoms with Gasteiger partial charge in [0.1, 0.15) is 17.4 Å². The highest BCUT2D eigenvalue weighted by molar-refractivity contribution is 7.09. The first-order valence-corrected chi connectivity index (χ1v) is 6.01.